The van der Waals surface area contributed by atoms with Crippen molar-refractivity contribution in [3.05, 3.63) is 36.2 Å². The lowest BCUT2D eigenvalue weighted by Gasteiger charge is -2.01. The number of hydrogen-bond donors (Lipinski definition) is 1. The summed E-state index contributed by atoms with van der Waals surface area (Å²) < 4.78 is 0. The highest BCUT2D eigenvalue weighted by atomic mass is 14.8. The number of pyridine rings is 1. The average Bonchev–Trinajstić information content (AvgIpc) is 2.87. The van der Waals surface area contributed by atoms with Gasteiger partial charge in [0.25, 0.3) is 0 Å². The molecule has 1 saturated carbocycles. The number of nitrogens with zero attached hydrogens (tertiary/aromatic N) is 1. The van der Waals surface area contributed by atoms with E-state index in [2.05, 4.69) is 17.6 Å². The Morgan fingerprint density at radius 1 is 1.50 bits per heavy atom. The van der Waals surface area contributed by atoms with Crippen LogP contribution < -0.4 is 5.73 Å². The Morgan fingerprint density at radius 3 is 2.83 bits per heavy atom. The van der Waals surface area contributed by atoms with Crippen molar-refractivity contribution in [3.63, 3.8) is 0 Å². The molecule has 0 aliphatic heterocycles. The quantitative estimate of drug-likeness (QED) is 0.717. The summed E-state index contributed by atoms with van der Waals surface area (Å²) in [6.45, 7) is 3.66. The molecule has 1 fully saturated rings. The van der Waals surface area contributed by atoms with E-state index in [-0.39, 0.29) is 0 Å². The van der Waals surface area contributed by atoms with Crippen LogP contribution in [0.5, 0.6) is 0 Å². The number of rotatable bonds is 2. The van der Waals surface area contributed by atoms with Crippen molar-refractivity contribution >= 4 is 5.70 Å². The van der Waals surface area contributed by atoms with E-state index < -0.39 is 0 Å². The Kier molecular flexibility index (Phi) is 1.61. The Morgan fingerprint density at radius 2 is 2.25 bits per heavy atom. The molecule has 1 aliphatic carbocycles. The second-order valence-electron chi connectivity index (χ2n) is 3.25. The van der Waals surface area contributed by atoms with Gasteiger partial charge in [-0.25, -0.2) is 0 Å². The summed E-state index contributed by atoms with van der Waals surface area (Å²) in [4.78, 5) is 4.41. The number of aromatic nitrogens is 1. The van der Waals surface area contributed by atoms with Crippen LogP contribution in [0.25, 0.3) is 5.70 Å². The number of nitrogens with two attached hydrogens (primary N) is 1. The molecule has 1 aliphatic rings. The van der Waals surface area contributed by atoms with Crippen LogP contribution in [-0.2, 0) is 0 Å². The molecule has 0 atom stereocenters. The fraction of sp³-hybridized carbons (Fsp3) is 0.300. The fourth-order valence-electron chi connectivity index (χ4n) is 1.24. The van der Waals surface area contributed by atoms with Gasteiger partial charge in [-0.2, -0.15) is 0 Å². The highest BCUT2D eigenvalue weighted by molar-refractivity contribution is 5.56. The predicted molar refractivity (Wildman–Crippen MR) is 49.4 cm³/mol. The molecule has 2 heteroatoms. The highest BCUT2D eigenvalue weighted by Crippen LogP contribution is 2.38. The molecule has 2 N–H and O–H groups in total. The van der Waals surface area contributed by atoms with Crippen LogP contribution in [0.4, 0.5) is 0 Å². The van der Waals surface area contributed by atoms with Crippen molar-refractivity contribution in [2.24, 2.45) is 5.73 Å². The van der Waals surface area contributed by atoms with E-state index in [0.29, 0.717) is 11.6 Å². The zero-order valence-corrected chi connectivity index (χ0v) is 6.96. The van der Waals surface area contributed by atoms with Crippen molar-refractivity contribution in [1.29, 1.82) is 0 Å². The SMILES string of the molecule is C=C(N)c1cccc(C2CC2)n1. The van der Waals surface area contributed by atoms with Gasteiger partial charge in [0.2, 0.25) is 0 Å². The van der Waals surface area contributed by atoms with Gasteiger partial charge in [-0.3, -0.25) is 4.98 Å². The zero-order chi connectivity index (χ0) is 8.55. The zero-order valence-electron chi connectivity index (χ0n) is 6.96. The molecule has 2 nitrogen and oxygen atoms in total. The number of hydrogen-bond acceptors (Lipinski definition) is 2. The molecule has 0 amide bonds. The van der Waals surface area contributed by atoms with E-state index in [1.54, 1.807) is 0 Å². The molecule has 2 rings (SSSR count). The topological polar surface area (TPSA) is 38.9 Å². The first-order valence-electron chi connectivity index (χ1n) is 4.19. The van der Waals surface area contributed by atoms with Crippen molar-refractivity contribution < 1.29 is 0 Å². The first-order chi connectivity index (χ1) is 5.77. The molecule has 0 bridgehead atoms. The maximum atomic E-state index is 5.55. The minimum atomic E-state index is 0.553. The Hall–Kier alpha value is -1.31. The molecule has 0 spiro atoms. The summed E-state index contributed by atoms with van der Waals surface area (Å²) in [5.41, 5.74) is 8.08. The lowest BCUT2D eigenvalue weighted by molar-refractivity contribution is 1.01. The Labute approximate surface area is 72.1 Å². The van der Waals surface area contributed by atoms with Gasteiger partial charge in [-0.1, -0.05) is 12.6 Å². The van der Waals surface area contributed by atoms with Gasteiger partial charge in [0.05, 0.1) is 11.4 Å². The summed E-state index contributed by atoms with van der Waals surface area (Å²) in [5, 5.41) is 0. The van der Waals surface area contributed by atoms with E-state index >= 15 is 0 Å². The minimum Gasteiger partial charge on any atom is -0.397 e. The molecule has 0 aromatic carbocycles. The highest BCUT2D eigenvalue weighted by Gasteiger charge is 2.24. The van der Waals surface area contributed by atoms with E-state index in [0.717, 1.165) is 5.69 Å². The standard InChI is InChI=1S/C10H12N2/c1-7(11)9-3-2-4-10(12-9)8-5-6-8/h2-4,8H,1,5-6,11H2. The van der Waals surface area contributed by atoms with Gasteiger partial charge in [-0.05, 0) is 25.0 Å². The summed E-state index contributed by atoms with van der Waals surface area (Å²) in [6.07, 6.45) is 2.54. The summed E-state index contributed by atoms with van der Waals surface area (Å²) in [5.74, 6) is 0.685. The summed E-state index contributed by atoms with van der Waals surface area (Å²) in [7, 11) is 0. The van der Waals surface area contributed by atoms with E-state index in [1.807, 2.05) is 12.1 Å². The van der Waals surface area contributed by atoms with Crippen LogP contribution in [0.1, 0.15) is 30.1 Å². The monoisotopic (exact) mass is 160 g/mol. The smallest absolute Gasteiger partial charge is 0.0856 e. The summed E-state index contributed by atoms with van der Waals surface area (Å²) in [6, 6.07) is 5.95. The van der Waals surface area contributed by atoms with Gasteiger partial charge in [-0.15, -0.1) is 0 Å². The second-order valence-corrected chi connectivity index (χ2v) is 3.25. The Balaban J connectivity index is 2.32. The van der Waals surface area contributed by atoms with Crippen LogP contribution in [0.3, 0.4) is 0 Å². The van der Waals surface area contributed by atoms with Gasteiger partial charge >= 0.3 is 0 Å². The second kappa shape index (κ2) is 2.63. The van der Waals surface area contributed by atoms with Crippen LogP contribution >= 0.6 is 0 Å². The molecule has 0 radical (unpaired) electrons. The van der Waals surface area contributed by atoms with Gasteiger partial charge in [0, 0.05) is 11.6 Å². The third kappa shape index (κ3) is 1.33. The molecule has 0 unspecified atom stereocenters. The molecule has 12 heavy (non-hydrogen) atoms. The molecule has 62 valence electrons. The molecule has 1 heterocycles. The molecule has 1 aromatic heterocycles. The lowest BCUT2D eigenvalue weighted by atomic mass is 10.2. The van der Waals surface area contributed by atoms with Crippen molar-refractivity contribution in [3.8, 4) is 0 Å². The minimum absolute atomic E-state index is 0.553. The van der Waals surface area contributed by atoms with E-state index in [1.165, 1.54) is 18.5 Å². The largest absolute Gasteiger partial charge is 0.397 e. The molecular weight excluding hydrogens is 148 g/mol. The summed E-state index contributed by atoms with van der Waals surface area (Å²) >= 11 is 0. The molecule has 0 saturated heterocycles. The lowest BCUT2D eigenvalue weighted by Crippen LogP contribution is -1.98. The third-order valence-electron chi connectivity index (χ3n) is 2.10. The van der Waals surface area contributed by atoms with Gasteiger partial charge < -0.3 is 5.73 Å². The first kappa shape index (κ1) is 7.35. The van der Waals surface area contributed by atoms with Gasteiger partial charge in [0.1, 0.15) is 0 Å². The van der Waals surface area contributed by atoms with E-state index in [9.17, 15) is 0 Å². The molecule has 1 aromatic rings. The maximum Gasteiger partial charge on any atom is 0.0856 e. The van der Waals surface area contributed by atoms with E-state index in [4.69, 9.17) is 5.73 Å². The van der Waals surface area contributed by atoms with Crippen LogP contribution in [-0.4, -0.2) is 4.98 Å². The van der Waals surface area contributed by atoms with Crippen LogP contribution in [0.2, 0.25) is 0 Å². The maximum absolute atomic E-state index is 5.55. The normalized spacial score (nSPS) is 16.0. The van der Waals surface area contributed by atoms with Crippen molar-refractivity contribution in [2.45, 2.75) is 18.8 Å². The van der Waals surface area contributed by atoms with Crippen LogP contribution in [0, 0.1) is 0 Å². The van der Waals surface area contributed by atoms with Crippen LogP contribution in [0.15, 0.2) is 24.8 Å². The Bertz CT molecular complexity index is 313. The van der Waals surface area contributed by atoms with Crippen molar-refractivity contribution in [1.82, 2.24) is 4.98 Å². The first-order valence-corrected chi connectivity index (χ1v) is 4.19. The fourth-order valence-corrected chi connectivity index (χ4v) is 1.24. The predicted octanol–water partition coefficient (Wildman–Crippen LogP) is 1.89. The molecular formula is C10H12N2. The van der Waals surface area contributed by atoms with Crippen molar-refractivity contribution in [2.75, 3.05) is 0 Å². The average molecular weight is 160 g/mol. The van der Waals surface area contributed by atoms with Gasteiger partial charge in [0.15, 0.2) is 0 Å². The third-order valence-corrected chi connectivity index (χ3v) is 2.10.